The minimum Gasteiger partial charge on any atom is -0.464 e. The van der Waals surface area contributed by atoms with E-state index in [-0.39, 0.29) is 28.4 Å². The molecule has 9 heteroatoms. The van der Waals surface area contributed by atoms with E-state index in [9.17, 15) is 13.2 Å². The number of hydrogen-bond donors (Lipinski definition) is 2. The van der Waals surface area contributed by atoms with E-state index >= 15 is 0 Å². The second-order valence-corrected chi connectivity index (χ2v) is 6.54. The van der Waals surface area contributed by atoms with Gasteiger partial charge < -0.3 is 15.0 Å². The van der Waals surface area contributed by atoms with E-state index in [0.29, 0.717) is 5.69 Å². The number of benzene rings is 1. The minimum atomic E-state index is -3.58. The van der Waals surface area contributed by atoms with E-state index in [2.05, 4.69) is 4.72 Å². The summed E-state index contributed by atoms with van der Waals surface area (Å²) in [5, 5.41) is 9.08. The predicted molar refractivity (Wildman–Crippen MR) is 87.1 cm³/mol. The van der Waals surface area contributed by atoms with Gasteiger partial charge in [0.1, 0.15) is 6.07 Å². The summed E-state index contributed by atoms with van der Waals surface area (Å²) in [5.74, 6) is -0.696. The number of esters is 1. The van der Waals surface area contributed by atoms with Gasteiger partial charge in [0.25, 0.3) is 0 Å². The highest BCUT2D eigenvalue weighted by atomic mass is 32.2. The molecule has 8 nitrogen and oxygen atoms in total. The van der Waals surface area contributed by atoms with Crippen molar-refractivity contribution in [1.29, 1.82) is 5.26 Å². The maximum Gasteiger partial charge on any atom is 0.357 e. The summed E-state index contributed by atoms with van der Waals surface area (Å²) in [4.78, 5) is 12.0. The molecule has 0 unspecified atom stereocenters. The molecule has 1 aromatic carbocycles. The van der Waals surface area contributed by atoms with Gasteiger partial charge >= 0.3 is 5.97 Å². The van der Waals surface area contributed by atoms with E-state index in [1.807, 2.05) is 6.07 Å². The molecule has 0 radical (unpaired) electrons. The van der Waals surface area contributed by atoms with Crippen LogP contribution in [0.25, 0.3) is 5.69 Å². The van der Waals surface area contributed by atoms with Crippen LogP contribution in [0.15, 0.2) is 35.4 Å². The number of ether oxygens (including phenoxy) is 1. The van der Waals surface area contributed by atoms with Crippen molar-refractivity contribution in [1.82, 2.24) is 9.29 Å². The first kappa shape index (κ1) is 17.5. The number of nitrogens with zero attached hydrogens (tertiary/aromatic N) is 2. The van der Waals surface area contributed by atoms with Gasteiger partial charge in [-0.15, -0.1) is 0 Å². The second-order valence-electron chi connectivity index (χ2n) is 4.77. The molecule has 2 rings (SSSR count). The largest absolute Gasteiger partial charge is 0.464 e. The average Bonchev–Trinajstić information content (AvgIpc) is 2.91. The van der Waals surface area contributed by atoms with Gasteiger partial charge in [0.2, 0.25) is 10.0 Å². The van der Waals surface area contributed by atoms with Crippen LogP contribution in [0.3, 0.4) is 0 Å². The lowest BCUT2D eigenvalue weighted by Crippen LogP contribution is -2.23. The molecule has 0 amide bonds. The van der Waals surface area contributed by atoms with Crippen molar-refractivity contribution in [2.24, 2.45) is 0 Å². The zero-order valence-electron chi connectivity index (χ0n) is 13.1. The van der Waals surface area contributed by atoms with Gasteiger partial charge in [-0.1, -0.05) is 6.92 Å². The molecule has 0 spiro atoms. The van der Waals surface area contributed by atoms with Crippen LogP contribution in [0.2, 0.25) is 0 Å². The molecule has 2 aromatic rings. The Labute approximate surface area is 139 Å². The molecule has 3 N–H and O–H groups in total. The Balaban J connectivity index is 2.54. The first-order valence-electron chi connectivity index (χ1n) is 6.95. The number of rotatable bonds is 5. The lowest BCUT2D eigenvalue weighted by atomic mass is 10.2. The Morgan fingerprint density at radius 3 is 2.50 bits per heavy atom. The van der Waals surface area contributed by atoms with Crippen molar-refractivity contribution in [3.05, 3.63) is 41.7 Å². The third kappa shape index (κ3) is 3.10. The first-order valence-corrected chi connectivity index (χ1v) is 8.43. The van der Waals surface area contributed by atoms with Gasteiger partial charge in [0, 0.05) is 18.4 Å². The van der Waals surface area contributed by atoms with E-state index in [0.717, 1.165) is 0 Å². The lowest BCUT2D eigenvalue weighted by Gasteiger charge is -2.10. The van der Waals surface area contributed by atoms with Crippen LogP contribution in [0.5, 0.6) is 0 Å². The Hall–Kier alpha value is -2.83. The number of carbonyl (C=O) groups is 1. The Morgan fingerprint density at radius 2 is 2.00 bits per heavy atom. The number of nitrogens with two attached hydrogens (primary N) is 1. The van der Waals surface area contributed by atoms with E-state index in [1.54, 1.807) is 6.92 Å². The topological polar surface area (TPSA) is 127 Å². The van der Waals surface area contributed by atoms with Gasteiger partial charge in [-0.2, -0.15) is 5.26 Å². The molecule has 0 aliphatic carbocycles. The molecule has 0 aliphatic heterocycles. The third-order valence-electron chi connectivity index (χ3n) is 3.30. The van der Waals surface area contributed by atoms with Gasteiger partial charge in [0.05, 0.1) is 23.3 Å². The quantitative estimate of drug-likeness (QED) is 0.777. The first-order chi connectivity index (χ1) is 11.4. The molecule has 24 heavy (non-hydrogen) atoms. The lowest BCUT2D eigenvalue weighted by molar-refractivity contribution is 0.0593. The number of hydrogen-bond acceptors (Lipinski definition) is 6. The van der Waals surface area contributed by atoms with Crippen molar-refractivity contribution in [2.75, 3.05) is 19.4 Å². The van der Waals surface area contributed by atoms with Crippen LogP contribution in [-0.2, 0) is 14.8 Å². The molecular formula is C15H16N4O4S. The van der Waals surface area contributed by atoms with Crippen LogP contribution in [0.1, 0.15) is 23.0 Å². The number of sulfonamides is 1. The average molecular weight is 348 g/mol. The number of nitriles is 1. The molecular weight excluding hydrogens is 332 g/mol. The number of nitrogen functional groups attached to an aromatic ring is 1. The SMILES string of the molecule is CCNS(=O)(=O)c1ccc(-n2cc(C#N)c(N)c2C(=O)OC)cc1. The summed E-state index contributed by atoms with van der Waals surface area (Å²) < 4.78 is 32.4. The van der Waals surface area contributed by atoms with Crippen molar-refractivity contribution in [3.63, 3.8) is 0 Å². The Kier molecular flexibility index (Phi) is 4.92. The van der Waals surface area contributed by atoms with Crippen LogP contribution in [0.4, 0.5) is 5.69 Å². The summed E-state index contributed by atoms with van der Waals surface area (Å²) in [7, 11) is -2.37. The van der Waals surface area contributed by atoms with Crippen LogP contribution in [0, 0.1) is 11.3 Å². The van der Waals surface area contributed by atoms with Crippen LogP contribution in [-0.4, -0.2) is 32.6 Å². The van der Waals surface area contributed by atoms with E-state index in [1.165, 1.54) is 42.1 Å². The molecule has 0 fully saturated rings. The van der Waals surface area contributed by atoms with Gasteiger partial charge in [0.15, 0.2) is 5.69 Å². The standard InChI is InChI=1S/C15H16N4O4S/c1-3-18-24(21,22)12-6-4-11(5-7-12)19-9-10(8-16)13(17)14(19)15(20)23-2/h4-7,9,18H,3,17H2,1-2H3. The smallest absolute Gasteiger partial charge is 0.357 e. The highest BCUT2D eigenvalue weighted by Gasteiger charge is 2.22. The number of anilines is 1. The number of aromatic nitrogens is 1. The highest BCUT2D eigenvalue weighted by Crippen LogP contribution is 2.25. The van der Waals surface area contributed by atoms with Crippen molar-refractivity contribution >= 4 is 21.7 Å². The normalized spacial score (nSPS) is 11.0. The van der Waals surface area contributed by atoms with Gasteiger partial charge in [-0.25, -0.2) is 17.9 Å². The molecule has 0 atom stereocenters. The highest BCUT2D eigenvalue weighted by molar-refractivity contribution is 7.89. The molecule has 0 bridgehead atoms. The van der Waals surface area contributed by atoms with Gasteiger partial charge in [-0.3, -0.25) is 0 Å². The maximum absolute atomic E-state index is 12.0. The van der Waals surface area contributed by atoms with Crippen molar-refractivity contribution in [2.45, 2.75) is 11.8 Å². The Morgan fingerprint density at radius 1 is 1.38 bits per heavy atom. The minimum absolute atomic E-state index is 0.00805. The summed E-state index contributed by atoms with van der Waals surface area (Å²) in [5.41, 5.74) is 6.43. The third-order valence-corrected chi connectivity index (χ3v) is 4.86. The molecule has 1 heterocycles. The second kappa shape index (κ2) is 6.74. The molecule has 126 valence electrons. The van der Waals surface area contributed by atoms with Gasteiger partial charge in [-0.05, 0) is 24.3 Å². The summed E-state index contributed by atoms with van der Waals surface area (Å²) >= 11 is 0. The fourth-order valence-corrected chi connectivity index (χ4v) is 3.22. The van der Waals surface area contributed by atoms with Crippen molar-refractivity contribution in [3.8, 4) is 11.8 Å². The fourth-order valence-electron chi connectivity index (χ4n) is 2.18. The monoisotopic (exact) mass is 348 g/mol. The zero-order valence-corrected chi connectivity index (χ0v) is 13.9. The van der Waals surface area contributed by atoms with Crippen molar-refractivity contribution < 1.29 is 17.9 Å². The predicted octanol–water partition coefficient (Wildman–Crippen LogP) is 1.02. The van der Waals surface area contributed by atoms with E-state index < -0.39 is 16.0 Å². The summed E-state index contributed by atoms with van der Waals surface area (Å²) in [6, 6.07) is 7.72. The number of carbonyl (C=O) groups excluding carboxylic acids is 1. The summed E-state index contributed by atoms with van der Waals surface area (Å²) in [6.45, 7) is 1.96. The van der Waals surface area contributed by atoms with E-state index in [4.69, 9.17) is 15.7 Å². The fraction of sp³-hybridized carbons (Fsp3) is 0.200. The zero-order chi connectivity index (χ0) is 17.9. The molecule has 0 saturated carbocycles. The van der Waals surface area contributed by atoms with Crippen LogP contribution >= 0.6 is 0 Å². The number of nitrogens with one attached hydrogen (secondary N) is 1. The molecule has 1 aromatic heterocycles. The molecule has 0 aliphatic rings. The maximum atomic E-state index is 12.0. The number of methoxy groups -OCH3 is 1. The Bertz CT molecular complexity index is 908. The summed E-state index contributed by atoms with van der Waals surface area (Å²) in [6.07, 6.45) is 1.40. The molecule has 0 saturated heterocycles. The van der Waals surface area contributed by atoms with Crippen LogP contribution < -0.4 is 10.5 Å².